The van der Waals surface area contributed by atoms with Crippen LogP contribution in [-0.2, 0) is 0 Å². The topological polar surface area (TPSA) is 9.23 Å². The minimum Gasteiger partial charge on any atom is -0.491 e. The van der Waals surface area contributed by atoms with Crippen molar-refractivity contribution >= 4 is 27.5 Å². The number of benzene rings is 1. The van der Waals surface area contributed by atoms with E-state index in [-0.39, 0.29) is 0 Å². The van der Waals surface area contributed by atoms with E-state index in [4.69, 9.17) is 16.3 Å². The molecule has 1 aliphatic rings. The van der Waals surface area contributed by atoms with Crippen molar-refractivity contribution in [3.8, 4) is 5.75 Å². The third kappa shape index (κ3) is 2.67. The molecule has 0 unspecified atom stereocenters. The van der Waals surface area contributed by atoms with E-state index in [1.54, 1.807) is 0 Å². The zero-order valence-corrected chi connectivity index (χ0v) is 11.1. The quantitative estimate of drug-likeness (QED) is 0.755. The molecule has 1 aromatic rings. The molecule has 1 fully saturated rings. The molecular weight excluding hydrogens is 275 g/mol. The first-order valence-corrected chi connectivity index (χ1v) is 6.60. The number of ether oxygens (including phenoxy) is 1. The maximum Gasteiger partial charge on any atom is 0.138 e. The summed E-state index contributed by atoms with van der Waals surface area (Å²) >= 11 is 9.58. The first kappa shape index (κ1) is 11.3. The van der Waals surface area contributed by atoms with Gasteiger partial charge in [0.2, 0.25) is 0 Å². The monoisotopic (exact) mass is 288 g/mol. The van der Waals surface area contributed by atoms with Crippen LogP contribution in [0.3, 0.4) is 0 Å². The van der Waals surface area contributed by atoms with Crippen LogP contribution in [0.2, 0.25) is 5.02 Å². The van der Waals surface area contributed by atoms with Gasteiger partial charge >= 0.3 is 0 Å². The first-order chi connectivity index (χ1) is 7.15. The fraction of sp³-hybridized carbons (Fsp3) is 0.500. The van der Waals surface area contributed by atoms with Crippen LogP contribution in [0.25, 0.3) is 0 Å². The lowest BCUT2D eigenvalue weighted by Crippen LogP contribution is -2.14. The summed E-state index contributed by atoms with van der Waals surface area (Å²) in [6.45, 7) is 2.81. The van der Waals surface area contributed by atoms with Crippen molar-refractivity contribution in [1.29, 1.82) is 0 Å². The Hall–Kier alpha value is -0.210. The summed E-state index contributed by atoms with van der Waals surface area (Å²) in [5.41, 5.74) is 1.55. The summed E-state index contributed by atoms with van der Waals surface area (Å²) in [6, 6.07) is 5.87. The van der Waals surface area contributed by atoms with Crippen molar-refractivity contribution in [3.05, 3.63) is 28.8 Å². The van der Waals surface area contributed by atoms with Gasteiger partial charge in [-0.05, 0) is 37.5 Å². The molecule has 82 valence electrons. The number of hydrogen-bond acceptors (Lipinski definition) is 1. The Morgan fingerprint density at radius 1 is 1.47 bits per heavy atom. The Morgan fingerprint density at radius 3 is 2.80 bits per heavy atom. The van der Waals surface area contributed by atoms with Crippen molar-refractivity contribution < 1.29 is 4.74 Å². The van der Waals surface area contributed by atoms with Crippen LogP contribution < -0.4 is 4.74 Å². The van der Waals surface area contributed by atoms with Crippen LogP contribution >= 0.6 is 27.5 Å². The van der Waals surface area contributed by atoms with Crippen molar-refractivity contribution in [2.75, 3.05) is 11.9 Å². The minimum absolute atomic E-state index is 0.368. The molecule has 0 N–H and O–H groups in total. The highest BCUT2D eigenvalue weighted by Crippen LogP contribution is 2.47. The summed E-state index contributed by atoms with van der Waals surface area (Å²) < 4.78 is 5.77. The van der Waals surface area contributed by atoms with Gasteiger partial charge < -0.3 is 4.74 Å². The maximum absolute atomic E-state index is 6.05. The lowest BCUT2D eigenvalue weighted by Gasteiger charge is -2.14. The second-order valence-electron chi connectivity index (χ2n) is 4.36. The van der Waals surface area contributed by atoms with Crippen molar-refractivity contribution in [1.82, 2.24) is 0 Å². The third-order valence-electron chi connectivity index (χ3n) is 2.86. The van der Waals surface area contributed by atoms with Gasteiger partial charge in [-0.3, -0.25) is 0 Å². The molecule has 1 nitrogen and oxygen atoms in total. The molecule has 1 aromatic carbocycles. The largest absolute Gasteiger partial charge is 0.491 e. The summed E-state index contributed by atoms with van der Waals surface area (Å²) in [5.74, 6) is 0.809. The Morgan fingerprint density at radius 2 is 2.20 bits per heavy atom. The molecule has 0 radical (unpaired) electrons. The van der Waals surface area contributed by atoms with Crippen LogP contribution in [0.4, 0.5) is 0 Å². The number of aryl methyl sites for hydroxylation is 1. The average molecular weight is 290 g/mol. The lowest BCUT2D eigenvalue weighted by atomic mass is 10.2. The van der Waals surface area contributed by atoms with Gasteiger partial charge in [-0.2, -0.15) is 0 Å². The van der Waals surface area contributed by atoms with Crippen molar-refractivity contribution in [3.63, 3.8) is 0 Å². The SMILES string of the molecule is Cc1ccc(Cl)c(OCC2(CBr)CC2)c1. The molecule has 0 amide bonds. The van der Waals surface area contributed by atoms with Crippen LogP contribution in [-0.4, -0.2) is 11.9 Å². The van der Waals surface area contributed by atoms with Gasteiger partial charge in [0.15, 0.2) is 0 Å². The van der Waals surface area contributed by atoms with E-state index in [0.717, 1.165) is 17.7 Å². The zero-order valence-electron chi connectivity index (χ0n) is 8.72. The molecule has 1 saturated carbocycles. The summed E-state index contributed by atoms with van der Waals surface area (Å²) in [4.78, 5) is 0. The summed E-state index contributed by atoms with van der Waals surface area (Å²) in [5, 5.41) is 1.72. The molecule has 0 aromatic heterocycles. The number of alkyl halides is 1. The molecule has 0 bridgehead atoms. The van der Waals surface area contributed by atoms with Gasteiger partial charge in [0.05, 0.1) is 11.6 Å². The predicted molar refractivity (Wildman–Crippen MR) is 67.1 cm³/mol. The predicted octanol–water partition coefficient (Wildman–Crippen LogP) is 4.20. The molecule has 3 heteroatoms. The molecule has 2 rings (SSSR count). The second kappa shape index (κ2) is 4.34. The normalized spacial score (nSPS) is 17.5. The van der Waals surface area contributed by atoms with Gasteiger partial charge in [0.25, 0.3) is 0 Å². The second-order valence-corrected chi connectivity index (χ2v) is 5.32. The van der Waals surface area contributed by atoms with Gasteiger partial charge in [-0.15, -0.1) is 0 Å². The molecule has 0 saturated heterocycles. The third-order valence-corrected chi connectivity index (χ3v) is 4.36. The van der Waals surface area contributed by atoms with E-state index in [1.807, 2.05) is 25.1 Å². The first-order valence-electron chi connectivity index (χ1n) is 5.10. The molecule has 0 heterocycles. The standard InChI is InChI=1S/C12H14BrClO/c1-9-2-3-10(14)11(6-9)15-8-12(7-13)4-5-12/h2-3,6H,4-5,7-8H2,1H3. The van der Waals surface area contributed by atoms with Crippen LogP contribution in [0.15, 0.2) is 18.2 Å². The van der Waals surface area contributed by atoms with Crippen LogP contribution in [0.5, 0.6) is 5.75 Å². The van der Waals surface area contributed by atoms with Gasteiger partial charge in [-0.25, -0.2) is 0 Å². The molecule has 1 aliphatic carbocycles. The summed E-state index contributed by atoms with van der Waals surface area (Å²) in [7, 11) is 0. The Labute approximate surface area is 104 Å². The average Bonchev–Trinajstić information content (AvgIpc) is 3.00. The highest BCUT2D eigenvalue weighted by Gasteiger charge is 2.42. The van der Waals surface area contributed by atoms with E-state index < -0.39 is 0 Å². The maximum atomic E-state index is 6.05. The number of hydrogen-bond donors (Lipinski definition) is 0. The Balaban J connectivity index is 2.01. The van der Waals surface area contributed by atoms with E-state index in [9.17, 15) is 0 Å². The Kier molecular flexibility index (Phi) is 3.27. The van der Waals surface area contributed by atoms with Crippen molar-refractivity contribution in [2.45, 2.75) is 19.8 Å². The van der Waals surface area contributed by atoms with E-state index in [0.29, 0.717) is 10.4 Å². The molecular formula is C12H14BrClO. The smallest absolute Gasteiger partial charge is 0.138 e. The molecule has 0 spiro atoms. The highest BCUT2D eigenvalue weighted by atomic mass is 79.9. The van der Waals surface area contributed by atoms with Gasteiger partial charge in [0.1, 0.15) is 5.75 Å². The van der Waals surface area contributed by atoms with E-state index in [1.165, 1.54) is 18.4 Å². The molecule has 0 atom stereocenters. The van der Waals surface area contributed by atoms with E-state index in [2.05, 4.69) is 15.9 Å². The van der Waals surface area contributed by atoms with Crippen molar-refractivity contribution in [2.24, 2.45) is 5.41 Å². The molecule has 15 heavy (non-hydrogen) atoms. The van der Waals surface area contributed by atoms with Gasteiger partial charge in [0, 0.05) is 10.7 Å². The number of halogens is 2. The van der Waals surface area contributed by atoms with Crippen LogP contribution in [0.1, 0.15) is 18.4 Å². The van der Waals surface area contributed by atoms with Gasteiger partial charge in [-0.1, -0.05) is 33.6 Å². The Bertz CT molecular complexity index is 361. The van der Waals surface area contributed by atoms with E-state index >= 15 is 0 Å². The highest BCUT2D eigenvalue weighted by molar-refractivity contribution is 9.09. The zero-order chi connectivity index (χ0) is 10.9. The lowest BCUT2D eigenvalue weighted by molar-refractivity contribution is 0.251. The molecule has 0 aliphatic heterocycles. The van der Waals surface area contributed by atoms with Crippen LogP contribution in [0, 0.1) is 12.3 Å². The number of rotatable bonds is 4. The minimum atomic E-state index is 0.368. The fourth-order valence-corrected chi connectivity index (χ4v) is 2.34. The fourth-order valence-electron chi connectivity index (χ4n) is 1.45. The summed E-state index contributed by atoms with van der Waals surface area (Å²) in [6.07, 6.45) is 2.50.